The molecule has 1 heterocycles. The number of para-hydroxylation sites is 1. The van der Waals surface area contributed by atoms with Crippen molar-refractivity contribution in [3.8, 4) is 11.5 Å². The lowest BCUT2D eigenvalue weighted by Crippen LogP contribution is -2.44. The van der Waals surface area contributed by atoms with E-state index in [4.69, 9.17) is 9.47 Å². The van der Waals surface area contributed by atoms with Crippen LogP contribution in [0.2, 0.25) is 0 Å². The molecule has 0 saturated carbocycles. The summed E-state index contributed by atoms with van der Waals surface area (Å²) in [5.74, 6) is 1.54. The van der Waals surface area contributed by atoms with E-state index in [9.17, 15) is 4.79 Å². The maximum absolute atomic E-state index is 13.2. The first-order valence-electron chi connectivity index (χ1n) is 11.4. The summed E-state index contributed by atoms with van der Waals surface area (Å²) in [5, 5.41) is 3.06. The normalized spacial score (nSPS) is 14.0. The summed E-state index contributed by atoms with van der Waals surface area (Å²) >= 11 is 0. The van der Waals surface area contributed by atoms with Crippen molar-refractivity contribution < 1.29 is 14.3 Å². The number of amides is 2. The molecule has 1 aliphatic rings. The minimum absolute atomic E-state index is 0.108. The number of aryl methyl sites for hydroxylation is 1. The monoisotopic (exact) mass is 445 g/mol. The first kappa shape index (κ1) is 22.8. The van der Waals surface area contributed by atoms with Crippen molar-refractivity contribution in [3.63, 3.8) is 0 Å². The number of urea groups is 1. The molecular weight excluding hydrogens is 414 g/mol. The summed E-state index contributed by atoms with van der Waals surface area (Å²) in [5.41, 5.74) is 2.93. The second-order valence-corrected chi connectivity index (χ2v) is 8.24. The van der Waals surface area contributed by atoms with Gasteiger partial charge in [0.05, 0.1) is 13.2 Å². The summed E-state index contributed by atoms with van der Waals surface area (Å²) in [6.45, 7) is 7.23. The number of anilines is 1. The van der Waals surface area contributed by atoms with Crippen LogP contribution in [0.4, 0.5) is 10.5 Å². The number of nitrogens with zero attached hydrogens (tertiary/aromatic N) is 2. The van der Waals surface area contributed by atoms with E-state index in [1.165, 1.54) is 0 Å². The first-order valence-corrected chi connectivity index (χ1v) is 11.4. The molecule has 6 heteroatoms. The molecule has 1 aliphatic heterocycles. The van der Waals surface area contributed by atoms with Crippen molar-refractivity contribution in [2.75, 3.05) is 44.7 Å². The number of morpholine rings is 1. The Bertz CT molecular complexity index is 1040. The van der Waals surface area contributed by atoms with Crippen LogP contribution >= 0.6 is 0 Å². The topological polar surface area (TPSA) is 54.0 Å². The van der Waals surface area contributed by atoms with Crippen LogP contribution in [0.5, 0.6) is 11.5 Å². The Morgan fingerprint density at radius 1 is 0.970 bits per heavy atom. The highest BCUT2D eigenvalue weighted by Crippen LogP contribution is 2.23. The van der Waals surface area contributed by atoms with Crippen LogP contribution in [0, 0.1) is 6.92 Å². The molecule has 3 aromatic carbocycles. The van der Waals surface area contributed by atoms with Crippen molar-refractivity contribution >= 4 is 11.7 Å². The minimum atomic E-state index is -0.108. The molecule has 33 heavy (non-hydrogen) atoms. The molecule has 0 bridgehead atoms. The van der Waals surface area contributed by atoms with Crippen LogP contribution in [0.15, 0.2) is 78.9 Å². The van der Waals surface area contributed by atoms with E-state index >= 15 is 0 Å². The van der Waals surface area contributed by atoms with Gasteiger partial charge >= 0.3 is 6.03 Å². The van der Waals surface area contributed by atoms with Crippen LogP contribution in [0.1, 0.15) is 11.1 Å². The number of carbonyl (C=O) groups excluding carboxylic acids is 1. The van der Waals surface area contributed by atoms with Gasteiger partial charge < -0.3 is 19.7 Å². The quantitative estimate of drug-likeness (QED) is 0.521. The number of ether oxygens (including phenoxy) is 2. The molecule has 1 saturated heterocycles. The van der Waals surface area contributed by atoms with Gasteiger partial charge in [0.2, 0.25) is 0 Å². The maximum Gasteiger partial charge on any atom is 0.322 e. The Balaban J connectivity index is 1.46. The van der Waals surface area contributed by atoms with E-state index < -0.39 is 0 Å². The van der Waals surface area contributed by atoms with Crippen molar-refractivity contribution in [2.24, 2.45) is 0 Å². The molecule has 6 nitrogen and oxygen atoms in total. The van der Waals surface area contributed by atoms with Gasteiger partial charge in [-0.1, -0.05) is 42.5 Å². The summed E-state index contributed by atoms with van der Waals surface area (Å²) in [6, 6.07) is 25.4. The summed E-state index contributed by atoms with van der Waals surface area (Å²) in [7, 11) is 0. The van der Waals surface area contributed by atoms with E-state index in [1.807, 2.05) is 90.7 Å². The molecule has 172 valence electrons. The molecule has 0 unspecified atom stereocenters. The second kappa shape index (κ2) is 11.5. The van der Waals surface area contributed by atoms with Gasteiger partial charge in [0, 0.05) is 38.4 Å². The second-order valence-electron chi connectivity index (χ2n) is 8.24. The first-order chi connectivity index (χ1) is 16.2. The van der Waals surface area contributed by atoms with E-state index in [0.717, 1.165) is 61.2 Å². The van der Waals surface area contributed by atoms with Crippen molar-refractivity contribution in [1.29, 1.82) is 0 Å². The van der Waals surface area contributed by atoms with E-state index in [-0.39, 0.29) is 6.03 Å². The molecule has 4 rings (SSSR count). The van der Waals surface area contributed by atoms with Gasteiger partial charge in [-0.25, -0.2) is 4.79 Å². The third kappa shape index (κ3) is 7.07. The van der Waals surface area contributed by atoms with Gasteiger partial charge in [-0.2, -0.15) is 0 Å². The van der Waals surface area contributed by atoms with Crippen molar-refractivity contribution in [3.05, 3.63) is 90.0 Å². The lowest BCUT2D eigenvalue weighted by atomic mass is 10.2. The molecule has 0 aromatic heterocycles. The summed E-state index contributed by atoms with van der Waals surface area (Å²) in [4.78, 5) is 17.4. The van der Waals surface area contributed by atoms with Crippen LogP contribution in [0.3, 0.4) is 0 Å². The highest BCUT2D eigenvalue weighted by atomic mass is 16.5. The fourth-order valence-corrected chi connectivity index (χ4v) is 3.82. The van der Waals surface area contributed by atoms with Crippen LogP contribution in [-0.2, 0) is 11.3 Å². The highest BCUT2D eigenvalue weighted by Gasteiger charge is 2.18. The number of nitrogens with one attached hydrogen (secondary N) is 1. The smallest absolute Gasteiger partial charge is 0.322 e. The molecule has 0 radical (unpaired) electrons. The molecule has 2 amide bonds. The lowest BCUT2D eigenvalue weighted by molar-refractivity contribution is 0.0349. The largest absolute Gasteiger partial charge is 0.457 e. The Morgan fingerprint density at radius 2 is 1.73 bits per heavy atom. The molecule has 0 spiro atoms. The van der Waals surface area contributed by atoms with Gasteiger partial charge in [-0.3, -0.25) is 4.90 Å². The fraction of sp³-hybridized carbons (Fsp3) is 0.296. The highest BCUT2D eigenvalue weighted by molar-refractivity contribution is 5.89. The zero-order valence-electron chi connectivity index (χ0n) is 19.1. The number of carbonyl (C=O) groups is 1. The van der Waals surface area contributed by atoms with Crippen LogP contribution in [-0.4, -0.2) is 55.2 Å². The van der Waals surface area contributed by atoms with E-state index in [0.29, 0.717) is 13.1 Å². The number of benzene rings is 3. The Labute approximate surface area is 195 Å². The van der Waals surface area contributed by atoms with Gasteiger partial charge in [0.15, 0.2) is 0 Å². The molecule has 3 aromatic rings. The Hall–Kier alpha value is -3.35. The van der Waals surface area contributed by atoms with E-state index in [1.54, 1.807) is 0 Å². The molecule has 0 atom stereocenters. The fourth-order valence-electron chi connectivity index (χ4n) is 3.82. The Kier molecular flexibility index (Phi) is 7.95. The standard InChI is InChI=1S/C27H31N3O3/c1-22-7-5-9-24(19-22)28-27(31)30(14-13-29-15-17-32-18-16-29)21-23-8-6-12-26(20-23)33-25-10-3-2-4-11-25/h2-12,19-20H,13-18,21H2,1H3,(H,28,31). The van der Waals surface area contributed by atoms with Crippen LogP contribution < -0.4 is 10.1 Å². The number of hydrogen-bond acceptors (Lipinski definition) is 4. The predicted octanol–water partition coefficient (Wildman–Crippen LogP) is 5.15. The Morgan fingerprint density at radius 3 is 2.52 bits per heavy atom. The van der Waals surface area contributed by atoms with Crippen molar-refractivity contribution in [1.82, 2.24) is 9.80 Å². The van der Waals surface area contributed by atoms with Crippen LogP contribution in [0.25, 0.3) is 0 Å². The van der Waals surface area contributed by atoms with Gasteiger partial charge in [-0.05, 0) is 54.4 Å². The van der Waals surface area contributed by atoms with Gasteiger partial charge in [0.25, 0.3) is 0 Å². The molecule has 0 aliphatic carbocycles. The molecule has 1 N–H and O–H groups in total. The van der Waals surface area contributed by atoms with Gasteiger partial charge in [-0.15, -0.1) is 0 Å². The zero-order chi connectivity index (χ0) is 22.9. The van der Waals surface area contributed by atoms with E-state index in [2.05, 4.69) is 10.2 Å². The molecular formula is C27H31N3O3. The third-order valence-corrected chi connectivity index (χ3v) is 5.60. The average molecular weight is 446 g/mol. The molecule has 1 fully saturated rings. The third-order valence-electron chi connectivity index (χ3n) is 5.60. The SMILES string of the molecule is Cc1cccc(NC(=O)N(CCN2CCOCC2)Cc2cccc(Oc3ccccc3)c2)c1. The summed E-state index contributed by atoms with van der Waals surface area (Å²) in [6.07, 6.45) is 0. The average Bonchev–Trinajstić information content (AvgIpc) is 2.83. The summed E-state index contributed by atoms with van der Waals surface area (Å²) < 4.78 is 11.4. The number of rotatable bonds is 8. The minimum Gasteiger partial charge on any atom is -0.457 e. The van der Waals surface area contributed by atoms with Crippen molar-refractivity contribution in [2.45, 2.75) is 13.5 Å². The lowest BCUT2D eigenvalue weighted by Gasteiger charge is -2.30. The zero-order valence-corrected chi connectivity index (χ0v) is 19.1. The predicted molar refractivity (Wildman–Crippen MR) is 131 cm³/mol. The number of hydrogen-bond donors (Lipinski definition) is 1. The van der Waals surface area contributed by atoms with Gasteiger partial charge in [0.1, 0.15) is 11.5 Å². The maximum atomic E-state index is 13.2.